The molecule has 0 fully saturated rings. The molecule has 1 nitrogen and oxygen atoms in total. The lowest BCUT2D eigenvalue weighted by atomic mass is 10.0. The van der Waals surface area contributed by atoms with Gasteiger partial charge in [-0.25, -0.2) is 0 Å². The van der Waals surface area contributed by atoms with Crippen molar-refractivity contribution in [1.29, 1.82) is 0 Å². The smallest absolute Gasteiger partial charge is 0.00966 e. The minimum atomic E-state index is 0.271. The van der Waals surface area contributed by atoms with Crippen molar-refractivity contribution >= 4 is 11.8 Å². The molecule has 0 aliphatic rings. The predicted octanol–water partition coefficient (Wildman–Crippen LogP) is 3.15. The summed E-state index contributed by atoms with van der Waals surface area (Å²) in [7, 11) is 0. The summed E-state index contributed by atoms with van der Waals surface area (Å²) in [5, 5.41) is 3.57. The van der Waals surface area contributed by atoms with Crippen LogP contribution in [-0.4, -0.2) is 24.1 Å². The van der Waals surface area contributed by atoms with Crippen molar-refractivity contribution in [2.24, 2.45) is 5.92 Å². The topological polar surface area (TPSA) is 12.0 Å². The second-order valence-corrected chi connectivity index (χ2v) is 5.67. The summed E-state index contributed by atoms with van der Waals surface area (Å²) in [6.07, 6.45) is 4.83. The van der Waals surface area contributed by atoms with Gasteiger partial charge < -0.3 is 5.32 Å². The maximum atomic E-state index is 3.57. The summed E-state index contributed by atoms with van der Waals surface area (Å²) >= 11 is 1.95. The van der Waals surface area contributed by atoms with Gasteiger partial charge >= 0.3 is 0 Å². The molecule has 0 radical (unpaired) electrons. The average molecular weight is 203 g/mol. The monoisotopic (exact) mass is 203 g/mol. The fourth-order valence-electron chi connectivity index (χ4n) is 1.19. The fraction of sp³-hybridized carbons (Fsp3) is 1.00. The molecule has 0 aromatic heterocycles. The highest BCUT2D eigenvalue weighted by molar-refractivity contribution is 7.98. The molecule has 0 spiro atoms. The minimum absolute atomic E-state index is 0.271. The van der Waals surface area contributed by atoms with Gasteiger partial charge in [0.05, 0.1) is 0 Å². The Morgan fingerprint density at radius 2 is 1.92 bits per heavy atom. The van der Waals surface area contributed by atoms with E-state index in [1.165, 1.54) is 25.1 Å². The molecule has 0 aromatic rings. The highest BCUT2D eigenvalue weighted by Crippen LogP contribution is 2.12. The van der Waals surface area contributed by atoms with Crippen LogP contribution < -0.4 is 5.32 Å². The predicted molar refractivity (Wildman–Crippen MR) is 64.5 cm³/mol. The van der Waals surface area contributed by atoms with Gasteiger partial charge in [-0.2, -0.15) is 11.8 Å². The quantitative estimate of drug-likeness (QED) is 0.712. The van der Waals surface area contributed by atoms with Gasteiger partial charge in [0, 0.05) is 5.54 Å². The van der Waals surface area contributed by atoms with E-state index in [0.29, 0.717) is 0 Å². The van der Waals surface area contributed by atoms with Crippen LogP contribution in [0.4, 0.5) is 0 Å². The molecule has 0 heterocycles. The summed E-state index contributed by atoms with van der Waals surface area (Å²) in [6.45, 7) is 10.1. The van der Waals surface area contributed by atoms with Crippen molar-refractivity contribution in [3.63, 3.8) is 0 Å². The van der Waals surface area contributed by atoms with E-state index in [1.807, 2.05) is 11.8 Å². The van der Waals surface area contributed by atoms with Crippen LogP contribution in [0, 0.1) is 5.92 Å². The molecule has 0 aromatic carbocycles. The van der Waals surface area contributed by atoms with Gasteiger partial charge in [-0.15, -0.1) is 0 Å². The maximum Gasteiger partial charge on any atom is 0.00966 e. The molecule has 1 unspecified atom stereocenters. The van der Waals surface area contributed by atoms with E-state index in [9.17, 15) is 0 Å². The lowest BCUT2D eigenvalue weighted by Gasteiger charge is -2.24. The van der Waals surface area contributed by atoms with Gasteiger partial charge in [-0.05, 0) is 51.7 Å². The van der Waals surface area contributed by atoms with Gasteiger partial charge in [-0.1, -0.05) is 13.3 Å². The Bertz CT molecular complexity index is 118. The molecular formula is C11H25NS. The Kier molecular flexibility index (Phi) is 6.88. The number of hydrogen-bond acceptors (Lipinski definition) is 2. The van der Waals surface area contributed by atoms with Crippen LogP contribution in [0.25, 0.3) is 0 Å². The maximum absolute atomic E-state index is 3.57. The molecule has 13 heavy (non-hydrogen) atoms. The molecular weight excluding hydrogens is 178 g/mol. The van der Waals surface area contributed by atoms with Crippen molar-refractivity contribution in [1.82, 2.24) is 5.32 Å². The van der Waals surface area contributed by atoms with E-state index < -0.39 is 0 Å². The first kappa shape index (κ1) is 13.3. The van der Waals surface area contributed by atoms with E-state index in [-0.39, 0.29) is 5.54 Å². The van der Waals surface area contributed by atoms with Crippen molar-refractivity contribution in [3.05, 3.63) is 0 Å². The third kappa shape index (κ3) is 8.63. The normalized spacial score (nSPS) is 14.5. The summed E-state index contributed by atoms with van der Waals surface area (Å²) in [6, 6.07) is 0. The standard InChI is InChI=1S/C11H25NS/c1-6-10(7-8-13-5)9-12-11(2,3)4/h10,12H,6-9H2,1-5H3. The van der Waals surface area contributed by atoms with Gasteiger partial charge in [0.2, 0.25) is 0 Å². The second-order valence-electron chi connectivity index (χ2n) is 4.69. The third-order valence-electron chi connectivity index (χ3n) is 2.23. The summed E-state index contributed by atoms with van der Waals surface area (Å²) in [5.74, 6) is 2.15. The number of nitrogens with one attached hydrogen (secondary N) is 1. The van der Waals surface area contributed by atoms with Crippen LogP contribution in [0.1, 0.15) is 40.5 Å². The van der Waals surface area contributed by atoms with E-state index in [0.717, 1.165) is 5.92 Å². The number of rotatable bonds is 6. The van der Waals surface area contributed by atoms with Crippen molar-refractivity contribution in [2.45, 2.75) is 46.1 Å². The van der Waals surface area contributed by atoms with Crippen LogP contribution in [0.3, 0.4) is 0 Å². The molecule has 0 saturated carbocycles. The van der Waals surface area contributed by atoms with E-state index >= 15 is 0 Å². The Labute approximate surface area is 88.1 Å². The molecule has 80 valence electrons. The van der Waals surface area contributed by atoms with E-state index in [1.54, 1.807) is 0 Å². The van der Waals surface area contributed by atoms with E-state index in [2.05, 4.69) is 39.3 Å². The van der Waals surface area contributed by atoms with Crippen molar-refractivity contribution in [2.75, 3.05) is 18.6 Å². The third-order valence-corrected chi connectivity index (χ3v) is 2.87. The first-order valence-corrected chi connectivity index (χ1v) is 6.63. The number of hydrogen-bond donors (Lipinski definition) is 1. The van der Waals surface area contributed by atoms with Crippen LogP contribution in [-0.2, 0) is 0 Å². The summed E-state index contributed by atoms with van der Waals surface area (Å²) in [4.78, 5) is 0. The lowest BCUT2D eigenvalue weighted by Crippen LogP contribution is -2.39. The first-order valence-electron chi connectivity index (χ1n) is 5.23. The van der Waals surface area contributed by atoms with Crippen LogP contribution >= 0.6 is 11.8 Å². The number of thioether (sulfide) groups is 1. The molecule has 0 aliphatic heterocycles. The molecule has 1 atom stereocenters. The molecule has 1 N–H and O–H groups in total. The first-order chi connectivity index (χ1) is 5.99. The fourth-order valence-corrected chi connectivity index (χ4v) is 1.75. The zero-order chi connectivity index (χ0) is 10.3. The Morgan fingerprint density at radius 1 is 1.31 bits per heavy atom. The highest BCUT2D eigenvalue weighted by atomic mass is 32.2. The molecule has 0 rings (SSSR count). The molecule has 0 aliphatic carbocycles. The van der Waals surface area contributed by atoms with Crippen molar-refractivity contribution in [3.8, 4) is 0 Å². The highest BCUT2D eigenvalue weighted by Gasteiger charge is 2.12. The Hall–Kier alpha value is 0.310. The lowest BCUT2D eigenvalue weighted by molar-refractivity contribution is 0.360. The van der Waals surface area contributed by atoms with Gasteiger partial charge in [-0.3, -0.25) is 0 Å². The van der Waals surface area contributed by atoms with Gasteiger partial charge in [0.15, 0.2) is 0 Å². The average Bonchev–Trinajstić information content (AvgIpc) is 2.03. The molecule has 0 bridgehead atoms. The van der Waals surface area contributed by atoms with Crippen LogP contribution in [0.5, 0.6) is 0 Å². The van der Waals surface area contributed by atoms with Gasteiger partial charge in [0.1, 0.15) is 0 Å². The zero-order valence-corrected chi connectivity index (χ0v) is 10.6. The molecule has 0 amide bonds. The van der Waals surface area contributed by atoms with Gasteiger partial charge in [0.25, 0.3) is 0 Å². The molecule has 0 saturated heterocycles. The van der Waals surface area contributed by atoms with Crippen LogP contribution in [0.15, 0.2) is 0 Å². The van der Waals surface area contributed by atoms with Crippen LogP contribution in [0.2, 0.25) is 0 Å². The Morgan fingerprint density at radius 3 is 2.31 bits per heavy atom. The SMILES string of the molecule is CCC(CCSC)CNC(C)(C)C. The van der Waals surface area contributed by atoms with E-state index in [4.69, 9.17) is 0 Å². The minimum Gasteiger partial charge on any atom is -0.312 e. The molecule has 2 heteroatoms. The summed E-state index contributed by atoms with van der Waals surface area (Å²) in [5.41, 5.74) is 0.271. The largest absolute Gasteiger partial charge is 0.312 e. The van der Waals surface area contributed by atoms with Crippen molar-refractivity contribution < 1.29 is 0 Å². The summed E-state index contributed by atoms with van der Waals surface area (Å²) < 4.78 is 0. The zero-order valence-electron chi connectivity index (χ0n) is 9.81. The second kappa shape index (κ2) is 6.72. The Balaban J connectivity index is 3.59.